The van der Waals surface area contributed by atoms with E-state index in [4.69, 9.17) is 11.6 Å². The molecule has 1 aromatic heterocycles. The molecule has 2 N–H and O–H groups in total. The molecule has 1 heterocycles. The number of phenols is 1. The molecule has 4 rings (SSSR count). The fourth-order valence-electron chi connectivity index (χ4n) is 3.13. The smallest absolute Gasteiger partial charge is 0.272 e. The van der Waals surface area contributed by atoms with Crippen LogP contribution in [0.3, 0.4) is 0 Å². The fraction of sp³-hybridized carbons (Fsp3) is 0.0417. The van der Waals surface area contributed by atoms with Crippen molar-refractivity contribution >= 4 is 34.1 Å². The van der Waals surface area contributed by atoms with Gasteiger partial charge in [0.2, 0.25) is 0 Å². The topological polar surface area (TPSA) is 74.6 Å². The van der Waals surface area contributed by atoms with Crippen LogP contribution in [0.5, 0.6) is 5.75 Å². The van der Waals surface area contributed by atoms with Gasteiger partial charge in [0.25, 0.3) is 5.91 Å². The summed E-state index contributed by atoms with van der Waals surface area (Å²) in [7, 11) is 0. The zero-order chi connectivity index (χ0) is 21.1. The summed E-state index contributed by atoms with van der Waals surface area (Å²) in [5, 5.41) is 14.9. The van der Waals surface area contributed by atoms with Crippen LogP contribution >= 0.6 is 11.6 Å². The number of hydrogen-bond donors (Lipinski definition) is 2. The van der Waals surface area contributed by atoms with Crippen molar-refractivity contribution in [2.75, 3.05) is 0 Å². The number of fused-ring (bicyclic) bond motifs is 1. The van der Waals surface area contributed by atoms with Crippen LogP contribution in [0.25, 0.3) is 22.2 Å². The number of hydrogen-bond acceptors (Lipinski definition) is 4. The van der Waals surface area contributed by atoms with E-state index in [-0.39, 0.29) is 11.7 Å². The molecule has 0 aliphatic carbocycles. The number of carbonyl (C=O) groups is 1. The van der Waals surface area contributed by atoms with E-state index in [2.05, 4.69) is 15.5 Å². The van der Waals surface area contributed by atoms with Gasteiger partial charge < -0.3 is 5.11 Å². The number of phenolic OH excluding ortho intramolecular Hbond substituents is 1. The zero-order valence-electron chi connectivity index (χ0n) is 16.1. The van der Waals surface area contributed by atoms with Gasteiger partial charge >= 0.3 is 0 Å². The number of nitrogens with zero attached hydrogens (tertiary/aromatic N) is 2. The molecule has 148 valence electrons. The third-order valence-corrected chi connectivity index (χ3v) is 5.05. The molecule has 0 fully saturated rings. The maximum Gasteiger partial charge on any atom is 0.272 e. The first kappa shape index (κ1) is 19.6. The van der Waals surface area contributed by atoms with E-state index < -0.39 is 0 Å². The molecule has 0 saturated carbocycles. The van der Waals surface area contributed by atoms with E-state index >= 15 is 0 Å². The first-order chi connectivity index (χ1) is 14.5. The lowest BCUT2D eigenvalue weighted by atomic mass is 10.0. The minimum atomic E-state index is -0.347. The zero-order valence-corrected chi connectivity index (χ0v) is 16.9. The first-order valence-corrected chi connectivity index (χ1v) is 9.69. The average Bonchev–Trinajstić information content (AvgIpc) is 2.77. The van der Waals surface area contributed by atoms with Gasteiger partial charge in [-0.15, -0.1) is 0 Å². The molecule has 0 aliphatic rings. The Hall–Kier alpha value is -3.70. The fourth-order valence-corrected chi connectivity index (χ4v) is 3.36. The van der Waals surface area contributed by atoms with E-state index in [9.17, 15) is 9.90 Å². The van der Waals surface area contributed by atoms with Crippen molar-refractivity contribution in [3.8, 4) is 17.0 Å². The van der Waals surface area contributed by atoms with Crippen LogP contribution in [0.2, 0.25) is 5.02 Å². The number of rotatable bonds is 4. The van der Waals surface area contributed by atoms with Gasteiger partial charge in [0.1, 0.15) is 5.75 Å². The number of aromatic hydroxyl groups is 1. The first-order valence-electron chi connectivity index (χ1n) is 9.31. The molecule has 0 atom stereocenters. The van der Waals surface area contributed by atoms with Crippen LogP contribution in [0.15, 0.2) is 84.0 Å². The number of halogens is 1. The Labute approximate surface area is 178 Å². The summed E-state index contributed by atoms with van der Waals surface area (Å²) >= 11 is 6.34. The number of hydrazone groups is 1. The van der Waals surface area contributed by atoms with Crippen LogP contribution in [0.4, 0.5) is 0 Å². The number of pyridine rings is 1. The Morgan fingerprint density at radius 1 is 1.00 bits per heavy atom. The Bertz CT molecular complexity index is 1270. The van der Waals surface area contributed by atoms with Crippen LogP contribution in [-0.2, 0) is 0 Å². The van der Waals surface area contributed by atoms with Gasteiger partial charge in [-0.2, -0.15) is 5.10 Å². The summed E-state index contributed by atoms with van der Waals surface area (Å²) in [5.41, 5.74) is 6.55. The standard InChI is InChI=1S/C24H18ClN3O2/c1-15(16-10-12-17(29)13-11-16)27-28-24(30)20-14-23(19-7-2-4-8-21(19)25)26-22-9-5-3-6-18(20)22/h2-14,29H,1H3,(H,28,30)/b27-15+. The molecule has 4 aromatic rings. The van der Waals surface area contributed by atoms with E-state index in [1.54, 1.807) is 43.3 Å². The Balaban J connectivity index is 1.72. The number of amides is 1. The van der Waals surface area contributed by atoms with Gasteiger partial charge in [-0.3, -0.25) is 4.79 Å². The molecule has 5 nitrogen and oxygen atoms in total. The van der Waals surface area contributed by atoms with Crippen LogP contribution < -0.4 is 5.43 Å². The van der Waals surface area contributed by atoms with Crippen molar-refractivity contribution in [1.29, 1.82) is 0 Å². The highest BCUT2D eigenvalue weighted by atomic mass is 35.5. The largest absolute Gasteiger partial charge is 0.508 e. The van der Waals surface area contributed by atoms with Gasteiger partial charge in [0, 0.05) is 16.0 Å². The van der Waals surface area contributed by atoms with Crippen molar-refractivity contribution in [3.63, 3.8) is 0 Å². The van der Waals surface area contributed by atoms with Gasteiger partial charge in [-0.05, 0) is 55.0 Å². The van der Waals surface area contributed by atoms with E-state index in [1.807, 2.05) is 42.5 Å². The normalized spacial score (nSPS) is 11.5. The van der Waals surface area contributed by atoms with Crippen LogP contribution in [-0.4, -0.2) is 21.7 Å². The Morgan fingerprint density at radius 3 is 2.47 bits per heavy atom. The van der Waals surface area contributed by atoms with Crippen molar-refractivity contribution in [2.45, 2.75) is 6.92 Å². The molecule has 6 heteroatoms. The summed E-state index contributed by atoms with van der Waals surface area (Å²) in [6.45, 7) is 1.78. The lowest BCUT2D eigenvalue weighted by molar-refractivity contribution is 0.0956. The molecule has 0 radical (unpaired) electrons. The third kappa shape index (κ3) is 4.02. The highest BCUT2D eigenvalue weighted by molar-refractivity contribution is 6.33. The summed E-state index contributed by atoms with van der Waals surface area (Å²) in [6, 6.07) is 23.2. The number of nitrogens with one attached hydrogen (secondary N) is 1. The molecule has 0 aliphatic heterocycles. The number of benzene rings is 3. The Kier molecular flexibility index (Phi) is 5.46. The summed E-state index contributed by atoms with van der Waals surface area (Å²) < 4.78 is 0. The summed E-state index contributed by atoms with van der Waals surface area (Å²) in [5.74, 6) is -0.175. The second-order valence-electron chi connectivity index (χ2n) is 6.74. The van der Waals surface area contributed by atoms with Crippen molar-refractivity contribution < 1.29 is 9.90 Å². The molecule has 0 saturated heterocycles. The van der Waals surface area contributed by atoms with Crippen molar-refractivity contribution in [1.82, 2.24) is 10.4 Å². The minimum absolute atomic E-state index is 0.172. The average molecular weight is 416 g/mol. The van der Waals surface area contributed by atoms with Crippen LogP contribution in [0.1, 0.15) is 22.8 Å². The maximum absolute atomic E-state index is 13.0. The van der Waals surface area contributed by atoms with Crippen LogP contribution in [0, 0.1) is 0 Å². The lowest BCUT2D eigenvalue weighted by Crippen LogP contribution is -2.20. The molecule has 1 amide bonds. The third-order valence-electron chi connectivity index (χ3n) is 4.72. The van der Waals surface area contributed by atoms with Gasteiger partial charge in [0.15, 0.2) is 0 Å². The monoisotopic (exact) mass is 415 g/mol. The lowest BCUT2D eigenvalue weighted by Gasteiger charge is -2.10. The molecule has 0 bridgehead atoms. The summed E-state index contributed by atoms with van der Waals surface area (Å²) in [4.78, 5) is 17.7. The van der Waals surface area contributed by atoms with E-state index in [0.717, 1.165) is 16.5 Å². The highest BCUT2D eigenvalue weighted by Gasteiger charge is 2.15. The SMILES string of the molecule is C/C(=N\NC(=O)c1cc(-c2ccccc2Cl)nc2ccccc12)c1ccc(O)cc1. The van der Waals surface area contributed by atoms with E-state index in [0.29, 0.717) is 27.5 Å². The minimum Gasteiger partial charge on any atom is -0.508 e. The second kappa shape index (κ2) is 8.35. The second-order valence-corrected chi connectivity index (χ2v) is 7.14. The highest BCUT2D eigenvalue weighted by Crippen LogP contribution is 2.29. The number of carbonyl (C=O) groups excluding carboxylic acids is 1. The maximum atomic E-state index is 13.0. The molecule has 0 unspecified atom stereocenters. The molecular formula is C24H18ClN3O2. The predicted octanol–water partition coefficient (Wildman–Crippen LogP) is 5.41. The number of aromatic nitrogens is 1. The van der Waals surface area contributed by atoms with E-state index in [1.165, 1.54) is 0 Å². The predicted molar refractivity (Wildman–Crippen MR) is 120 cm³/mol. The Morgan fingerprint density at radius 2 is 1.70 bits per heavy atom. The molecular weight excluding hydrogens is 398 g/mol. The quantitative estimate of drug-likeness (QED) is 0.345. The molecule has 3 aromatic carbocycles. The number of para-hydroxylation sites is 1. The molecule has 0 spiro atoms. The van der Waals surface area contributed by atoms with Gasteiger partial charge in [0.05, 0.1) is 22.5 Å². The van der Waals surface area contributed by atoms with Gasteiger partial charge in [-0.25, -0.2) is 10.4 Å². The summed E-state index contributed by atoms with van der Waals surface area (Å²) in [6.07, 6.45) is 0. The van der Waals surface area contributed by atoms with Crippen molar-refractivity contribution in [3.05, 3.63) is 95.0 Å². The van der Waals surface area contributed by atoms with Crippen molar-refractivity contribution in [2.24, 2.45) is 5.10 Å². The van der Waals surface area contributed by atoms with Gasteiger partial charge in [-0.1, -0.05) is 48.0 Å². The molecule has 30 heavy (non-hydrogen) atoms.